The number of halogens is 1. The molecule has 0 aliphatic rings. The van der Waals surface area contributed by atoms with E-state index in [1.165, 1.54) is 0 Å². The Morgan fingerprint density at radius 3 is 2.30 bits per heavy atom. The number of nitrogens with one attached hydrogen (secondary N) is 1. The number of hydrogen-bond donors (Lipinski definition) is 2. The van der Waals surface area contributed by atoms with Crippen LogP contribution in [0, 0.1) is 0 Å². The molecule has 0 fully saturated rings. The number of methoxy groups -OCH3 is 1. The Kier molecular flexibility index (Phi) is 6.91. The van der Waals surface area contributed by atoms with Crippen LogP contribution in [-0.4, -0.2) is 24.5 Å². The average molecular weight is 458 g/mol. The topological polar surface area (TPSA) is 77.2 Å². The first-order valence-electron chi connectivity index (χ1n) is 10.6. The van der Waals surface area contributed by atoms with Crippen LogP contribution in [0.25, 0.3) is 22.4 Å². The summed E-state index contributed by atoms with van der Waals surface area (Å²) < 4.78 is 5.28. The third-order valence-electron chi connectivity index (χ3n) is 5.35. The summed E-state index contributed by atoms with van der Waals surface area (Å²) in [5.41, 5.74) is 11.5. The normalized spacial score (nSPS) is 10.6. The second kappa shape index (κ2) is 10.2. The van der Waals surface area contributed by atoms with E-state index < -0.39 is 0 Å². The van der Waals surface area contributed by atoms with Gasteiger partial charge in [0, 0.05) is 34.6 Å². The first kappa shape index (κ1) is 22.4. The van der Waals surface area contributed by atoms with Crippen LogP contribution in [0.5, 0.6) is 5.75 Å². The fourth-order valence-electron chi connectivity index (χ4n) is 3.52. The van der Waals surface area contributed by atoms with Crippen LogP contribution in [0.15, 0.2) is 85.1 Å². The van der Waals surface area contributed by atoms with Crippen LogP contribution in [0.3, 0.4) is 0 Å². The van der Waals surface area contributed by atoms with Gasteiger partial charge in [0.1, 0.15) is 5.75 Å². The molecule has 3 N–H and O–H groups in total. The maximum absolute atomic E-state index is 12.9. The van der Waals surface area contributed by atoms with Gasteiger partial charge in [-0.1, -0.05) is 48.0 Å². The second-order valence-electron chi connectivity index (χ2n) is 7.60. The largest absolute Gasteiger partial charge is 0.497 e. The smallest absolute Gasteiger partial charge is 0.252 e. The van der Waals surface area contributed by atoms with Crippen molar-refractivity contribution in [3.8, 4) is 28.1 Å². The molecule has 0 unspecified atom stereocenters. The number of benzene rings is 3. The average Bonchev–Trinajstić information content (AvgIpc) is 2.85. The SMILES string of the molecule is COc1ccc(-c2cc(C(=O)NCCc3ccc(N)cc3)cnc2-c2ccc(Cl)cc2)cc1. The Labute approximate surface area is 198 Å². The lowest BCUT2D eigenvalue weighted by Gasteiger charge is -2.13. The first-order chi connectivity index (χ1) is 16.0. The summed E-state index contributed by atoms with van der Waals surface area (Å²) in [7, 11) is 1.63. The lowest BCUT2D eigenvalue weighted by atomic mass is 9.97. The summed E-state index contributed by atoms with van der Waals surface area (Å²) in [5.74, 6) is 0.590. The molecule has 4 aromatic rings. The molecule has 0 aliphatic carbocycles. The van der Waals surface area contributed by atoms with Crippen molar-refractivity contribution in [1.82, 2.24) is 10.3 Å². The first-order valence-corrected chi connectivity index (χ1v) is 10.9. The van der Waals surface area contributed by atoms with Crippen molar-refractivity contribution in [2.75, 3.05) is 19.4 Å². The summed E-state index contributed by atoms with van der Waals surface area (Å²) in [6.45, 7) is 0.513. The maximum Gasteiger partial charge on any atom is 0.252 e. The minimum absolute atomic E-state index is 0.171. The second-order valence-corrected chi connectivity index (χ2v) is 8.04. The van der Waals surface area contributed by atoms with E-state index in [-0.39, 0.29) is 5.91 Å². The number of ether oxygens (including phenoxy) is 1. The Balaban J connectivity index is 1.60. The molecule has 1 amide bonds. The summed E-state index contributed by atoms with van der Waals surface area (Å²) in [6, 6.07) is 24.7. The monoisotopic (exact) mass is 457 g/mol. The van der Waals surface area contributed by atoms with Crippen molar-refractivity contribution in [2.24, 2.45) is 0 Å². The van der Waals surface area contributed by atoms with Gasteiger partial charge in [-0.3, -0.25) is 9.78 Å². The maximum atomic E-state index is 12.9. The Bertz CT molecular complexity index is 1240. The number of nitrogens with zero attached hydrogens (tertiary/aromatic N) is 1. The van der Waals surface area contributed by atoms with E-state index in [1.807, 2.05) is 78.9 Å². The quantitative estimate of drug-likeness (QED) is 0.352. The third kappa shape index (κ3) is 5.51. The summed E-state index contributed by atoms with van der Waals surface area (Å²) in [6.07, 6.45) is 2.32. The summed E-state index contributed by atoms with van der Waals surface area (Å²) >= 11 is 6.06. The van der Waals surface area contributed by atoms with Gasteiger partial charge in [0.15, 0.2) is 0 Å². The van der Waals surface area contributed by atoms with Crippen LogP contribution < -0.4 is 15.8 Å². The van der Waals surface area contributed by atoms with Gasteiger partial charge in [-0.05, 0) is 60.0 Å². The number of nitrogens with two attached hydrogens (primary N) is 1. The van der Waals surface area contributed by atoms with Crippen LogP contribution in [-0.2, 0) is 6.42 Å². The predicted octanol–water partition coefficient (Wildman–Crippen LogP) is 5.63. The fraction of sp³-hybridized carbons (Fsp3) is 0.111. The van der Waals surface area contributed by atoms with E-state index in [0.717, 1.165) is 39.4 Å². The molecule has 3 aromatic carbocycles. The molecule has 1 heterocycles. The Morgan fingerprint density at radius 2 is 1.64 bits per heavy atom. The zero-order chi connectivity index (χ0) is 23.2. The molecule has 1 aromatic heterocycles. The molecule has 5 nitrogen and oxygen atoms in total. The molecular weight excluding hydrogens is 434 g/mol. The number of anilines is 1. The lowest BCUT2D eigenvalue weighted by molar-refractivity contribution is 0.0954. The third-order valence-corrected chi connectivity index (χ3v) is 5.60. The summed E-state index contributed by atoms with van der Waals surface area (Å²) in [4.78, 5) is 17.5. The molecule has 0 saturated carbocycles. The highest BCUT2D eigenvalue weighted by molar-refractivity contribution is 6.30. The Morgan fingerprint density at radius 1 is 0.970 bits per heavy atom. The summed E-state index contributed by atoms with van der Waals surface area (Å²) in [5, 5.41) is 3.63. The minimum Gasteiger partial charge on any atom is -0.497 e. The van der Waals surface area contributed by atoms with Gasteiger partial charge in [0.2, 0.25) is 0 Å². The molecule has 0 atom stereocenters. The highest BCUT2D eigenvalue weighted by Gasteiger charge is 2.14. The van der Waals surface area contributed by atoms with Crippen LogP contribution in [0.4, 0.5) is 5.69 Å². The van der Waals surface area contributed by atoms with E-state index in [4.69, 9.17) is 22.1 Å². The molecule has 6 heteroatoms. The number of rotatable bonds is 7. The van der Waals surface area contributed by atoms with Crippen LogP contribution >= 0.6 is 11.6 Å². The van der Waals surface area contributed by atoms with Gasteiger partial charge in [-0.25, -0.2) is 0 Å². The number of amides is 1. The van der Waals surface area contributed by atoms with Crippen molar-refractivity contribution >= 4 is 23.2 Å². The van der Waals surface area contributed by atoms with Crippen molar-refractivity contribution in [3.05, 3.63) is 101 Å². The highest BCUT2D eigenvalue weighted by atomic mass is 35.5. The zero-order valence-electron chi connectivity index (χ0n) is 18.2. The number of carbonyl (C=O) groups excluding carboxylic acids is 1. The zero-order valence-corrected chi connectivity index (χ0v) is 19.0. The van der Waals surface area contributed by atoms with Crippen molar-refractivity contribution in [1.29, 1.82) is 0 Å². The molecule has 0 saturated heterocycles. The number of pyridine rings is 1. The van der Waals surface area contributed by atoms with E-state index >= 15 is 0 Å². The van der Waals surface area contributed by atoms with Crippen molar-refractivity contribution < 1.29 is 9.53 Å². The van der Waals surface area contributed by atoms with E-state index in [0.29, 0.717) is 23.6 Å². The van der Waals surface area contributed by atoms with Gasteiger partial charge in [-0.2, -0.15) is 0 Å². The fourth-order valence-corrected chi connectivity index (χ4v) is 3.65. The lowest BCUT2D eigenvalue weighted by Crippen LogP contribution is -2.26. The van der Waals surface area contributed by atoms with Gasteiger partial charge >= 0.3 is 0 Å². The number of aromatic nitrogens is 1. The molecule has 0 radical (unpaired) electrons. The predicted molar refractivity (Wildman–Crippen MR) is 134 cm³/mol. The molecular formula is C27H24ClN3O2. The standard InChI is InChI=1S/C27H24ClN3O2/c1-33-24-12-6-19(7-13-24)25-16-21(17-31-26(25)20-4-8-22(28)9-5-20)27(32)30-15-14-18-2-10-23(29)11-3-18/h2-13,16-17H,14-15,29H2,1H3,(H,30,32). The van der Waals surface area contributed by atoms with Crippen molar-refractivity contribution in [3.63, 3.8) is 0 Å². The number of nitrogen functional groups attached to an aromatic ring is 1. The van der Waals surface area contributed by atoms with Gasteiger partial charge < -0.3 is 15.8 Å². The van der Waals surface area contributed by atoms with Crippen LogP contribution in [0.2, 0.25) is 5.02 Å². The van der Waals surface area contributed by atoms with Crippen LogP contribution in [0.1, 0.15) is 15.9 Å². The molecule has 166 valence electrons. The molecule has 0 aliphatic heterocycles. The van der Waals surface area contributed by atoms with E-state index in [2.05, 4.69) is 10.3 Å². The number of carbonyl (C=O) groups is 1. The minimum atomic E-state index is -0.171. The highest BCUT2D eigenvalue weighted by Crippen LogP contribution is 2.32. The van der Waals surface area contributed by atoms with E-state index in [9.17, 15) is 4.79 Å². The molecule has 0 spiro atoms. The molecule has 4 rings (SSSR count). The Hall–Kier alpha value is -3.83. The molecule has 33 heavy (non-hydrogen) atoms. The molecule has 0 bridgehead atoms. The van der Waals surface area contributed by atoms with E-state index in [1.54, 1.807) is 13.3 Å². The van der Waals surface area contributed by atoms with Crippen molar-refractivity contribution in [2.45, 2.75) is 6.42 Å². The number of hydrogen-bond acceptors (Lipinski definition) is 4. The van der Waals surface area contributed by atoms with Gasteiger partial charge in [-0.15, -0.1) is 0 Å². The van der Waals surface area contributed by atoms with Gasteiger partial charge in [0.05, 0.1) is 18.4 Å². The van der Waals surface area contributed by atoms with Gasteiger partial charge in [0.25, 0.3) is 5.91 Å².